The van der Waals surface area contributed by atoms with Crippen molar-refractivity contribution >= 4 is 11.5 Å². The van der Waals surface area contributed by atoms with Gasteiger partial charge in [0.15, 0.2) is 5.78 Å². The Morgan fingerprint density at radius 1 is 1.42 bits per heavy atom. The standard InChI is InChI=1S/C12H10F2N2O3/c1-6(2)9(5-15)12(17)8-3-7(13)4-10(11(8)14)16(18)19/h3-4,6,9H,1-2H3. The number of nitro groups is 1. The third-order valence-corrected chi connectivity index (χ3v) is 2.57. The van der Waals surface area contributed by atoms with Gasteiger partial charge in [-0.15, -0.1) is 0 Å². The lowest BCUT2D eigenvalue weighted by molar-refractivity contribution is -0.387. The Morgan fingerprint density at radius 2 is 2.00 bits per heavy atom. The predicted octanol–water partition coefficient (Wildman–Crippen LogP) is 2.85. The van der Waals surface area contributed by atoms with Gasteiger partial charge in [0.1, 0.15) is 11.7 Å². The molecule has 0 radical (unpaired) electrons. The first kappa shape index (κ1) is 14.7. The van der Waals surface area contributed by atoms with Crippen molar-refractivity contribution in [2.75, 3.05) is 0 Å². The molecule has 7 heteroatoms. The molecule has 0 amide bonds. The maximum atomic E-state index is 13.8. The first-order chi connectivity index (χ1) is 8.79. The zero-order chi connectivity index (χ0) is 14.7. The zero-order valence-corrected chi connectivity index (χ0v) is 10.2. The average molecular weight is 268 g/mol. The number of nitro benzene ring substituents is 1. The predicted molar refractivity (Wildman–Crippen MR) is 61.3 cm³/mol. The molecule has 0 saturated carbocycles. The van der Waals surface area contributed by atoms with Crippen LogP contribution in [0.4, 0.5) is 14.5 Å². The number of hydrogen-bond donors (Lipinski definition) is 0. The molecule has 5 nitrogen and oxygen atoms in total. The van der Waals surface area contributed by atoms with E-state index in [4.69, 9.17) is 5.26 Å². The quantitative estimate of drug-likeness (QED) is 0.477. The smallest absolute Gasteiger partial charge is 0.293 e. The number of benzene rings is 1. The van der Waals surface area contributed by atoms with Crippen LogP contribution in [0.25, 0.3) is 0 Å². The Hall–Kier alpha value is -2.36. The van der Waals surface area contributed by atoms with Crippen molar-refractivity contribution in [3.63, 3.8) is 0 Å². The second-order valence-corrected chi connectivity index (χ2v) is 4.26. The topological polar surface area (TPSA) is 84.0 Å². The number of rotatable bonds is 4. The second kappa shape index (κ2) is 5.52. The van der Waals surface area contributed by atoms with Gasteiger partial charge in [0.2, 0.25) is 5.82 Å². The lowest BCUT2D eigenvalue weighted by Gasteiger charge is -2.12. The maximum absolute atomic E-state index is 13.8. The van der Waals surface area contributed by atoms with Crippen LogP contribution in [0.5, 0.6) is 0 Å². The molecule has 0 aliphatic carbocycles. The molecule has 1 rings (SSSR count). The fourth-order valence-corrected chi connectivity index (χ4v) is 1.56. The second-order valence-electron chi connectivity index (χ2n) is 4.26. The third kappa shape index (κ3) is 2.91. The molecule has 0 spiro atoms. The fraction of sp³-hybridized carbons (Fsp3) is 0.333. The van der Waals surface area contributed by atoms with E-state index in [9.17, 15) is 23.7 Å². The summed E-state index contributed by atoms with van der Waals surface area (Å²) in [6.07, 6.45) is 0. The van der Waals surface area contributed by atoms with Crippen molar-refractivity contribution in [3.8, 4) is 6.07 Å². The summed E-state index contributed by atoms with van der Waals surface area (Å²) < 4.78 is 27.0. The SMILES string of the molecule is CC(C)C(C#N)C(=O)c1cc(F)cc([N+](=O)[O-])c1F. The van der Waals surface area contributed by atoms with Gasteiger partial charge in [0, 0.05) is 0 Å². The molecule has 1 atom stereocenters. The number of nitriles is 1. The lowest BCUT2D eigenvalue weighted by Crippen LogP contribution is -2.20. The van der Waals surface area contributed by atoms with E-state index in [-0.39, 0.29) is 0 Å². The normalized spacial score (nSPS) is 12.0. The van der Waals surface area contributed by atoms with Crippen molar-refractivity contribution in [2.45, 2.75) is 13.8 Å². The number of hydrogen-bond acceptors (Lipinski definition) is 4. The molecule has 0 aliphatic heterocycles. The number of carbonyl (C=O) groups excluding carboxylic acids is 1. The lowest BCUT2D eigenvalue weighted by atomic mass is 9.89. The molecule has 1 aromatic carbocycles. The molecule has 0 heterocycles. The summed E-state index contributed by atoms with van der Waals surface area (Å²) in [5.41, 5.74) is -1.89. The Kier molecular flexibility index (Phi) is 4.27. The first-order valence-corrected chi connectivity index (χ1v) is 5.36. The molecule has 1 unspecified atom stereocenters. The van der Waals surface area contributed by atoms with Gasteiger partial charge in [-0.25, -0.2) is 4.39 Å². The summed E-state index contributed by atoms with van der Waals surface area (Å²) in [7, 11) is 0. The van der Waals surface area contributed by atoms with Crippen LogP contribution in [0.2, 0.25) is 0 Å². The van der Waals surface area contributed by atoms with Gasteiger partial charge in [0.05, 0.1) is 22.6 Å². The number of Topliss-reactive ketones (excluding diaryl/α,β-unsaturated/α-hetero) is 1. The summed E-state index contributed by atoms with van der Waals surface area (Å²) in [6.45, 7) is 3.13. The summed E-state index contributed by atoms with van der Waals surface area (Å²) in [5.74, 6) is -5.08. The summed E-state index contributed by atoms with van der Waals surface area (Å²) in [5, 5.41) is 19.4. The van der Waals surface area contributed by atoms with E-state index in [0.29, 0.717) is 12.1 Å². The number of nitrogens with zero attached hydrogens (tertiary/aromatic N) is 2. The van der Waals surface area contributed by atoms with E-state index in [0.717, 1.165) is 0 Å². The highest BCUT2D eigenvalue weighted by atomic mass is 19.1. The van der Waals surface area contributed by atoms with Gasteiger partial charge in [-0.1, -0.05) is 13.8 Å². The van der Waals surface area contributed by atoms with Crippen LogP contribution in [0, 0.1) is 44.9 Å². The van der Waals surface area contributed by atoms with Gasteiger partial charge in [-0.05, 0) is 12.0 Å². The number of halogens is 2. The molecule has 1 aromatic rings. The van der Waals surface area contributed by atoms with E-state index in [2.05, 4.69) is 0 Å². The third-order valence-electron chi connectivity index (χ3n) is 2.57. The number of carbonyl (C=O) groups is 1. The van der Waals surface area contributed by atoms with Gasteiger partial charge in [0.25, 0.3) is 0 Å². The van der Waals surface area contributed by atoms with Gasteiger partial charge >= 0.3 is 5.69 Å². The highest BCUT2D eigenvalue weighted by Gasteiger charge is 2.30. The molecule has 0 aromatic heterocycles. The molecule has 19 heavy (non-hydrogen) atoms. The molecular weight excluding hydrogens is 258 g/mol. The molecule has 0 N–H and O–H groups in total. The number of ketones is 1. The molecule has 100 valence electrons. The highest BCUT2D eigenvalue weighted by Crippen LogP contribution is 2.26. The molecule has 0 bridgehead atoms. The molecule has 0 fully saturated rings. The Bertz CT molecular complexity index is 579. The highest BCUT2D eigenvalue weighted by molar-refractivity contribution is 6.00. The van der Waals surface area contributed by atoms with Crippen LogP contribution < -0.4 is 0 Å². The van der Waals surface area contributed by atoms with Crippen molar-refractivity contribution < 1.29 is 18.5 Å². The van der Waals surface area contributed by atoms with Crippen molar-refractivity contribution in [2.24, 2.45) is 11.8 Å². The van der Waals surface area contributed by atoms with Gasteiger partial charge in [-0.2, -0.15) is 9.65 Å². The average Bonchev–Trinajstić information content (AvgIpc) is 2.31. The molecule has 0 aliphatic rings. The summed E-state index contributed by atoms with van der Waals surface area (Å²) in [4.78, 5) is 21.3. The van der Waals surface area contributed by atoms with E-state index < -0.39 is 45.4 Å². The monoisotopic (exact) mass is 268 g/mol. The van der Waals surface area contributed by atoms with Crippen molar-refractivity contribution in [1.82, 2.24) is 0 Å². The van der Waals surface area contributed by atoms with Crippen LogP contribution in [0.3, 0.4) is 0 Å². The summed E-state index contributed by atoms with van der Waals surface area (Å²) in [6, 6.07) is 2.65. The van der Waals surface area contributed by atoms with E-state index in [1.165, 1.54) is 0 Å². The first-order valence-electron chi connectivity index (χ1n) is 5.36. The minimum Gasteiger partial charge on any atom is -0.293 e. The van der Waals surface area contributed by atoms with E-state index in [1.807, 2.05) is 0 Å². The Labute approximate surface area is 107 Å². The van der Waals surface area contributed by atoms with E-state index >= 15 is 0 Å². The van der Waals surface area contributed by atoms with Crippen LogP contribution in [0.1, 0.15) is 24.2 Å². The van der Waals surface area contributed by atoms with Gasteiger partial charge < -0.3 is 0 Å². The van der Waals surface area contributed by atoms with Crippen molar-refractivity contribution in [3.05, 3.63) is 39.4 Å². The fourth-order valence-electron chi connectivity index (χ4n) is 1.56. The van der Waals surface area contributed by atoms with E-state index in [1.54, 1.807) is 19.9 Å². The zero-order valence-electron chi connectivity index (χ0n) is 10.2. The summed E-state index contributed by atoms with van der Waals surface area (Å²) >= 11 is 0. The Balaban J connectivity index is 3.40. The van der Waals surface area contributed by atoms with Crippen molar-refractivity contribution in [1.29, 1.82) is 5.26 Å². The van der Waals surface area contributed by atoms with Crippen LogP contribution in [-0.4, -0.2) is 10.7 Å². The largest absolute Gasteiger partial charge is 0.308 e. The molecule has 0 saturated heterocycles. The minimum absolute atomic E-state index is 0.392. The van der Waals surface area contributed by atoms with Crippen LogP contribution in [-0.2, 0) is 0 Å². The minimum atomic E-state index is -1.42. The van der Waals surface area contributed by atoms with Gasteiger partial charge in [-0.3, -0.25) is 14.9 Å². The maximum Gasteiger partial charge on any atom is 0.308 e. The van der Waals surface area contributed by atoms with Crippen LogP contribution >= 0.6 is 0 Å². The van der Waals surface area contributed by atoms with Crippen LogP contribution in [0.15, 0.2) is 12.1 Å². The molecular formula is C12H10F2N2O3. The Morgan fingerprint density at radius 3 is 2.42 bits per heavy atom.